The molecule has 1 N–H and O–H groups in total. The second-order valence-corrected chi connectivity index (χ2v) is 5.29. The summed E-state index contributed by atoms with van der Waals surface area (Å²) in [7, 11) is 0. The third kappa shape index (κ3) is 2.54. The van der Waals surface area contributed by atoms with Crippen molar-refractivity contribution in [1.82, 2.24) is 9.78 Å². The Balaban J connectivity index is 2.00. The molecule has 21 heavy (non-hydrogen) atoms. The molecule has 0 spiro atoms. The maximum absolute atomic E-state index is 13.0. The summed E-state index contributed by atoms with van der Waals surface area (Å²) in [6.07, 6.45) is 0.337. The molecule has 3 rings (SSSR count). The molecule has 2 heterocycles. The third-order valence-corrected chi connectivity index (χ3v) is 3.62. The molecule has 110 valence electrons. The van der Waals surface area contributed by atoms with E-state index in [0.29, 0.717) is 24.5 Å². The number of aromatic nitrogens is 2. The summed E-state index contributed by atoms with van der Waals surface area (Å²) in [4.78, 5) is 13.7. The van der Waals surface area contributed by atoms with Gasteiger partial charge in [0.05, 0.1) is 11.4 Å². The average molecular weight is 289 g/mol. The second kappa shape index (κ2) is 5.29. The summed E-state index contributed by atoms with van der Waals surface area (Å²) in [5.74, 6) is 0.258. The van der Waals surface area contributed by atoms with Crippen molar-refractivity contribution >= 4 is 11.7 Å². The monoisotopic (exact) mass is 289 g/mol. The van der Waals surface area contributed by atoms with Crippen molar-refractivity contribution in [1.29, 1.82) is 0 Å². The van der Waals surface area contributed by atoms with E-state index in [4.69, 9.17) is 0 Å². The Kier molecular flexibility index (Phi) is 3.47. The van der Waals surface area contributed by atoms with E-state index in [1.807, 2.05) is 13.0 Å². The Morgan fingerprint density at radius 3 is 2.71 bits per heavy atom. The summed E-state index contributed by atoms with van der Waals surface area (Å²) in [6.45, 7) is 2.31. The maximum Gasteiger partial charge on any atom is 0.228 e. The molecule has 1 aliphatic heterocycles. The van der Waals surface area contributed by atoms with Gasteiger partial charge < -0.3 is 5.11 Å². The minimum atomic E-state index is -0.318. The predicted molar refractivity (Wildman–Crippen MR) is 75.8 cm³/mol. The summed E-state index contributed by atoms with van der Waals surface area (Å²) < 4.78 is 14.7. The molecule has 1 amide bonds. The van der Waals surface area contributed by atoms with Gasteiger partial charge in [0.25, 0.3) is 0 Å². The lowest BCUT2D eigenvalue weighted by Crippen LogP contribution is -2.27. The first-order valence-electron chi connectivity index (χ1n) is 6.82. The normalized spacial score (nSPS) is 18.5. The zero-order chi connectivity index (χ0) is 15.0. The molecular formula is C15H16FN3O2. The Bertz CT molecular complexity index is 666. The van der Waals surface area contributed by atoms with Crippen molar-refractivity contribution in [2.45, 2.75) is 13.3 Å². The summed E-state index contributed by atoms with van der Waals surface area (Å²) in [5, 5.41) is 13.6. The van der Waals surface area contributed by atoms with Crippen molar-refractivity contribution in [2.24, 2.45) is 5.92 Å². The van der Waals surface area contributed by atoms with E-state index in [-0.39, 0.29) is 24.2 Å². The van der Waals surface area contributed by atoms with Gasteiger partial charge >= 0.3 is 0 Å². The fourth-order valence-electron chi connectivity index (χ4n) is 2.58. The van der Waals surface area contributed by atoms with Crippen molar-refractivity contribution in [3.63, 3.8) is 0 Å². The Morgan fingerprint density at radius 1 is 1.38 bits per heavy atom. The molecule has 1 unspecified atom stereocenters. The Hall–Kier alpha value is -2.21. The van der Waals surface area contributed by atoms with Crippen LogP contribution in [0.5, 0.6) is 0 Å². The number of rotatable bonds is 3. The third-order valence-electron chi connectivity index (χ3n) is 3.62. The van der Waals surface area contributed by atoms with Crippen LogP contribution in [0.3, 0.4) is 0 Å². The SMILES string of the molecule is Cc1cc(N2CC(CO)CC2=O)n(-c2ccc(F)cc2)n1. The number of nitrogens with zero attached hydrogens (tertiary/aromatic N) is 3. The van der Waals surface area contributed by atoms with Crippen LogP contribution in [0.2, 0.25) is 0 Å². The first-order chi connectivity index (χ1) is 10.1. The van der Waals surface area contributed by atoms with Crippen LogP contribution < -0.4 is 4.90 Å². The van der Waals surface area contributed by atoms with Gasteiger partial charge in [-0.3, -0.25) is 9.69 Å². The van der Waals surface area contributed by atoms with E-state index >= 15 is 0 Å². The lowest BCUT2D eigenvalue weighted by molar-refractivity contribution is -0.117. The molecule has 0 saturated carbocycles. The van der Waals surface area contributed by atoms with Crippen LogP contribution in [-0.2, 0) is 4.79 Å². The van der Waals surface area contributed by atoms with Crippen molar-refractivity contribution in [3.8, 4) is 5.69 Å². The molecule has 1 atom stereocenters. The second-order valence-electron chi connectivity index (χ2n) is 5.29. The molecule has 1 aliphatic rings. The minimum absolute atomic E-state index is 0.00803. The molecule has 0 bridgehead atoms. The van der Waals surface area contributed by atoms with E-state index in [1.165, 1.54) is 12.1 Å². The highest BCUT2D eigenvalue weighted by Crippen LogP contribution is 2.27. The Labute approximate surface area is 121 Å². The predicted octanol–water partition coefficient (Wildman–Crippen LogP) is 1.67. The van der Waals surface area contributed by atoms with Gasteiger partial charge in [0.1, 0.15) is 11.6 Å². The number of aliphatic hydroxyl groups is 1. The van der Waals surface area contributed by atoms with Gasteiger partial charge in [-0.2, -0.15) is 5.10 Å². The number of carbonyl (C=O) groups is 1. The van der Waals surface area contributed by atoms with Gasteiger partial charge in [0.15, 0.2) is 0 Å². The molecule has 2 aromatic rings. The number of carbonyl (C=O) groups excluding carboxylic acids is 1. The number of amides is 1. The molecule has 1 aromatic heterocycles. The molecule has 1 saturated heterocycles. The van der Waals surface area contributed by atoms with Crippen LogP contribution in [-0.4, -0.2) is 33.9 Å². The fraction of sp³-hybridized carbons (Fsp3) is 0.333. The summed E-state index contributed by atoms with van der Waals surface area (Å²) >= 11 is 0. The van der Waals surface area contributed by atoms with Crippen LogP contribution in [0.25, 0.3) is 5.69 Å². The van der Waals surface area contributed by atoms with E-state index in [1.54, 1.807) is 21.7 Å². The van der Waals surface area contributed by atoms with Crippen molar-refractivity contribution in [3.05, 3.63) is 41.8 Å². The molecule has 1 aromatic carbocycles. The number of anilines is 1. The van der Waals surface area contributed by atoms with Crippen LogP contribution >= 0.6 is 0 Å². The van der Waals surface area contributed by atoms with E-state index in [9.17, 15) is 14.3 Å². The Morgan fingerprint density at radius 2 is 2.10 bits per heavy atom. The number of hydrogen-bond acceptors (Lipinski definition) is 3. The first kappa shape index (κ1) is 13.8. The topological polar surface area (TPSA) is 58.4 Å². The molecule has 6 heteroatoms. The zero-order valence-electron chi connectivity index (χ0n) is 11.7. The van der Waals surface area contributed by atoms with Crippen LogP contribution in [0.1, 0.15) is 12.1 Å². The van der Waals surface area contributed by atoms with Crippen LogP contribution in [0, 0.1) is 18.7 Å². The van der Waals surface area contributed by atoms with Gasteiger partial charge in [-0.05, 0) is 31.2 Å². The smallest absolute Gasteiger partial charge is 0.228 e. The van der Waals surface area contributed by atoms with E-state index in [2.05, 4.69) is 5.10 Å². The van der Waals surface area contributed by atoms with Crippen molar-refractivity contribution in [2.75, 3.05) is 18.1 Å². The number of benzene rings is 1. The quantitative estimate of drug-likeness (QED) is 0.935. The number of aliphatic hydroxyl groups excluding tert-OH is 1. The number of halogens is 1. The van der Waals surface area contributed by atoms with Gasteiger partial charge in [0.2, 0.25) is 5.91 Å². The largest absolute Gasteiger partial charge is 0.396 e. The van der Waals surface area contributed by atoms with Gasteiger partial charge in [0, 0.05) is 31.6 Å². The average Bonchev–Trinajstić information content (AvgIpc) is 3.02. The van der Waals surface area contributed by atoms with Gasteiger partial charge in [-0.25, -0.2) is 9.07 Å². The highest BCUT2D eigenvalue weighted by Gasteiger charge is 2.32. The highest BCUT2D eigenvalue weighted by molar-refractivity contribution is 5.95. The fourth-order valence-corrected chi connectivity index (χ4v) is 2.58. The van der Waals surface area contributed by atoms with Gasteiger partial charge in [-0.1, -0.05) is 0 Å². The maximum atomic E-state index is 13.0. The zero-order valence-corrected chi connectivity index (χ0v) is 11.7. The highest BCUT2D eigenvalue weighted by atomic mass is 19.1. The molecular weight excluding hydrogens is 273 g/mol. The van der Waals surface area contributed by atoms with E-state index in [0.717, 1.165) is 5.69 Å². The summed E-state index contributed by atoms with van der Waals surface area (Å²) in [5.41, 5.74) is 1.47. The van der Waals surface area contributed by atoms with Crippen LogP contribution in [0.15, 0.2) is 30.3 Å². The van der Waals surface area contributed by atoms with Crippen molar-refractivity contribution < 1.29 is 14.3 Å². The summed E-state index contributed by atoms with van der Waals surface area (Å²) in [6, 6.07) is 7.78. The molecule has 5 nitrogen and oxygen atoms in total. The first-order valence-corrected chi connectivity index (χ1v) is 6.82. The lowest BCUT2D eigenvalue weighted by atomic mass is 10.1. The molecule has 0 aliphatic carbocycles. The molecule has 0 radical (unpaired) electrons. The van der Waals surface area contributed by atoms with Crippen LogP contribution in [0.4, 0.5) is 10.2 Å². The molecule has 1 fully saturated rings. The number of hydrogen-bond donors (Lipinski definition) is 1. The number of aryl methyl sites for hydroxylation is 1. The minimum Gasteiger partial charge on any atom is -0.396 e. The van der Waals surface area contributed by atoms with E-state index < -0.39 is 0 Å². The lowest BCUT2D eigenvalue weighted by Gasteiger charge is -2.17. The standard InChI is InChI=1S/C15H16FN3O2/c1-10-6-14(18-8-11(9-20)7-15(18)21)19(17-10)13-4-2-12(16)3-5-13/h2-6,11,20H,7-9H2,1H3. The van der Waals surface area contributed by atoms with Gasteiger partial charge in [-0.15, -0.1) is 0 Å².